The molecular weight excluding hydrogens is 215 g/mol. The number of carbonyl (C=O) groups excluding carboxylic acids is 2. The second kappa shape index (κ2) is 6.31. The molecule has 5 nitrogen and oxygen atoms in total. The van der Waals surface area contributed by atoms with E-state index < -0.39 is 17.7 Å². The Morgan fingerprint density at radius 3 is 2.25 bits per heavy atom. The van der Waals surface area contributed by atoms with E-state index in [2.05, 4.69) is 5.32 Å². The fourth-order valence-corrected chi connectivity index (χ4v) is 0.861. The molecule has 16 heavy (non-hydrogen) atoms. The zero-order valence-corrected chi connectivity index (χ0v) is 8.57. The Kier molecular flexibility index (Phi) is 5.44. The van der Waals surface area contributed by atoms with E-state index in [1.807, 2.05) is 0 Å². The molecule has 0 fully saturated rings. The smallest absolute Gasteiger partial charge is 0.248 e. The number of hydrogen-bond acceptors (Lipinski definition) is 3. The van der Waals surface area contributed by atoms with Crippen molar-refractivity contribution in [2.24, 2.45) is 0 Å². The maximum atomic E-state index is 12.5. The minimum Gasteiger partial charge on any atom is -0.545 e. The number of amides is 1. The SMILES string of the molecule is O=C([O-])C=CC(=O)Nc1ccc(F)cc1.[NH4+]. The van der Waals surface area contributed by atoms with Crippen molar-refractivity contribution in [1.82, 2.24) is 6.15 Å². The second-order valence-corrected chi connectivity index (χ2v) is 2.65. The normalized spacial score (nSPS) is 9.56. The Bertz CT molecular complexity index is 401. The minimum absolute atomic E-state index is 0. The molecule has 0 aromatic heterocycles. The Morgan fingerprint density at radius 1 is 1.19 bits per heavy atom. The molecule has 0 unspecified atom stereocenters. The van der Waals surface area contributed by atoms with Crippen molar-refractivity contribution in [2.75, 3.05) is 5.32 Å². The maximum Gasteiger partial charge on any atom is 0.248 e. The number of rotatable bonds is 3. The highest BCUT2D eigenvalue weighted by Gasteiger charge is 1.97. The predicted octanol–water partition coefficient (Wildman–Crippen LogP) is 0.446. The highest BCUT2D eigenvalue weighted by atomic mass is 19.1. The average molecular weight is 226 g/mol. The van der Waals surface area contributed by atoms with Gasteiger partial charge in [0, 0.05) is 11.8 Å². The zero-order valence-electron chi connectivity index (χ0n) is 8.57. The fraction of sp³-hybridized carbons (Fsp3) is 0. The van der Waals surface area contributed by atoms with Crippen LogP contribution in [0.5, 0.6) is 0 Å². The quantitative estimate of drug-likeness (QED) is 0.730. The predicted molar refractivity (Wildman–Crippen MR) is 55.2 cm³/mol. The topological polar surface area (TPSA) is 106 Å². The first-order valence-electron chi connectivity index (χ1n) is 4.03. The average Bonchev–Trinajstić information content (AvgIpc) is 2.19. The number of quaternary nitrogens is 1. The molecule has 1 aromatic carbocycles. The third kappa shape index (κ3) is 4.87. The number of anilines is 1. The van der Waals surface area contributed by atoms with Gasteiger partial charge in [0.25, 0.3) is 0 Å². The van der Waals surface area contributed by atoms with Crippen molar-refractivity contribution in [3.8, 4) is 0 Å². The van der Waals surface area contributed by atoms with Crippen LogP contribution in [0.1, 0.15) is 0 Å². The molecule has 5 N–H and O–H groups in total. The molecule has 1 amide bonds. The number of nitrogens with one attached hydrogen (secondary N) is 1. The Hall–Kier alpha value is -2.21. The van der Waals surface area contributed by atoms with E-state index in [0.717, 1.165) is 6.08 Å². The second-order valence-electron chi connectivity index (χ2n) is 2.65. The highest BCUT2D eigenvalue weighted by molar-refractivity contribution is 6.01. The van der Waals surface area contributed by atoms with E-state index in [1.54, 1.807) is 0 Å². The van der Waals surface area contributed by atoms with Crippen molar-refractivity contribution in [1.29, 1.82) is 0 Å². The lowest BCUT2D eigenvalue weighted by Crippen LogP contribution is -2.20. The summed E-state index contributed by atoms with van der Waals surface area (Å²) in [7, 11) is 0. The summed E-state index contributed by atoms with van der Waals surface area (Å²) in [6.45, 7) is 0. The summed E-state index contributed by atoms with van der Waals surface area (Å²) < 4.78 is 12.5. The lowest BCUT2D eigenvalue weighted by Gasteiger charge is -2.01. The fourth-order valence-electron chi connectivity index (χ4n) is 0.861. The third-order valence-corrected chi connectivity index (χ3v) is 1.48. The van der Waals surface area contributed by atoms with E-state index in [9.17, 15) is 19.1 Å². The van der Waals surface area contributed by atoms with Crippen LogP contribution in [-0.2, 0) is 9.59 Å². The molecule has 0 atom stereocenters. The Morgan fingerprint density at radius 2 is 1.75 bits per heavy atom. The van der Waals surface area contributed by atoms with Gasteiger partial charge in [0.15, 0.2) is 0 Å². The number of carboxylic acid groups (broad SMARTS) is 1. The molecule has 0 saturated heterocycles. The van der Waals surface area contributed by atoms with Crippen LogP contribution in [-0.4, -0.2) is 11.9 Å². The van der Waals surface area contributed by atoms with Crippen LogP contribution in [0.4, 0.5) is 10.1 Å². The van der Waals surface area contributed by atoms with Crippen LogP contribution in [0.25, 0.3) is 0 Å². The van der Waals surface area contributed by atoms with E-state index >= 15 is 0 Å². The number of aliphatic carboxylic acids is 1. The van der Waals surface area contributed by atoms with E-state index in [0.29, 0.717) is 11.8 Å². The third-order valence-electron chi connectivity index (χ3n) is 1.48. The molecule has 0 heterocycles. The summed E-state index contributed by atoms with van der Waals surface area (Å²) in [4.78, 5) is 21.0. The molecule has 0 aliphatic rings. The molecule has 1 aromatic rings. The highest BCUT2D eigenvalue weighted by Crippen LogP contribution is 2.07. The van der Waals surface area contributed by atoms with Gasteiger partial charge in [-0.2, -0.15) is 0 Å². The standard InChI is InChI=1S/C10H8FNO3.H3N/c11-7-1-3-8(4-2-7)12-9(13)5-6-10(14)15;/h1-6H,(H,12,13)(H,14,15);1H3. The molecule has 0 spiro atoms. The van der Waals surface area contributed by atoms with Gasteiger partial charge in [0.05, 0.1) is 5.97 Å². The van der Waals surface area contributed by atoms with Crippen molar-refractivity contribution in [3.63, 3.8) is 0 Å². The summed E-state index contributed by atoms with van der Waals surface area (Å²) >= 11 is 0. The first-order chi connectivity index (χ1) is 7.08. The van der Waals surface area contributed by atoms with E-state index in [-0.39, 0.29) is 6.15 Å². The Labute approximate surface area is 91.2 Å². The van der Waals surface area contributed by atoms with Gasteiger partial charge in [-0.05, 0) is 30.3 Å². The summed E-state index contributed by atoms with van der Waals surface area (Å²) in [5.41, 5.74) is 0.379. The summed E-state index contributed by atoms with van der Waals surface area (Å²) in [5, 5.41) is 12.3. The van der Waals surface area contributed by atoms with E-state index in [4.69, 9.17) is 0 Å². The molecule has 6 heteroatoms. The van der Waals surface area contributed by atoms with Crippen molar-refractivity contribution >= 4 is 17.6 Å². The van der Waals surface area contributed by atoms with Gasteiger partial charge in [0.2, 0.25) is 5.91 Å². The zero-order chi connectivity index (χ0) is 11.3. The molecule has 86 valence electrons. The molecule has 1 rings (SSSR count). The lowest BCUT2D eigenvalue weighted by molar-refractivity contribution is -0.297. The number of carboxylic acids is 1. The van der Waals surface area contributed by atoms with Crippen LogP contribution in [0, 0.1) is 5.82 Å². The Balaban J connectivity index is 0.00000225. The largest absolute Gasteiger partial charge is 0.545 e. The number of halogens is 1. The molecule has 0 aliphatic heterocycles. The first-order valence-corrected chi connectivity index (χ1v) is 4.03. The summed E-state index contributed by atoms with van der Waals surface area (Å²) in [5.74, 6) is -2.49. The molecule has 0 aliphatic carbocycles. The summed E-state index contributed by atoms with van der Waals surface area (Å²) in [6.07, 6.45) is 1.43. The minimum atomic E-state index is -1.45. The lowest BCUT2D eigenvalue weighted by atomic mass is 10.3. The van der Waals surface area contributed by atoms with Crippen molar-refractivity contribution < 1.29 is 19.1 Å². The van der Waals surface area contributed by atoms with Gasteiger partial charge in [-0.15, -0.1) is 0 Å². The molecule has 0 bridgehead atoms. The van der Waals surface area contributed by atoms with Gasteiger partial charge in [-0.3, -0.25) is 4.79 Å². The van der Waals surface area contributed by atoms with Crippen LogP contribution in [0.2, 0.25) is 0 Å². The molecule has 0 saturated carbocycles. The van der Waals surface area contributed by atoms with Gasteiger partial charge in [-0.1, -0.05) is 0 Å². The van der Waals surface area contributed by atoms with Crippen LogP contribution >= 0.6 is 0 Å². The van der Waals surface area contributed by atoms with Gasteiger partial charge in [-0.25, -0.2) is 4.39 Å². The van der Waals surface area contributed by atoms with Crippen molar-refractivity contribution in [3.05, 3.63) is 42.2 Å². The molecular formula is C10H11FN2O3. The maximum absolute atomic E-state index is 12.5. The van der Waals surface area contributed by atoms with Crippen LogP contribution in [0.3, 0.4) is 0 Å². The number of carbonyl (C=O) groups is 2. The van der Waals surface area contributed by atoms with Crippen LogP contribution in [0.15, 0.2) is 36.4 Å². The van der Waals surface area contributed by atoms with Gasteiger partial charge >= 0.3 is 0 Å². The number of hydrogen-bond donors (Lipinski definition) is 2. The van der Waals surface area contributed by atoms with Crippen molar-refractivity contribution in [2.45, 2.75) is 0 Å². The first kappa shape index (κ1) is 13.8. The van der Waals surface area contributed by atoms with E-state index in [1.165, 1.54) is 24.3 Å². The molecule has 0 radical (unpaired) electrons. The monoisotopic (exact) mass is 226 g/mol. The summed E-state index contributed by atoms with van der Waals surface area (Å²) in [6, 6.07) is 5.08. The van der Waals surface area contributed by atoms with Gasteiger partial charge in [0.1, 0.15) is 5.82 Å². The number of benzene rings is 1. The van der Waals surface area contributed by atoms with Gasteiger partial charge < -0.3 is 21.4 Å². The van der Waals surface area contributed by atoms with Crippen LogP contribution < -0.4 is 16.6 Å².